The number of rotatable bonds is 8. The average Bonchev–Trinajstić information content (AvgIpc) is 2.50. The van der Waals surface area contributed by atoms with Crippen molar-refractivity contribution in [3.05, 3.63) is 29.8 Å². The molecule has 8 heteroatoms. The Morgan fingerprint density at radius 3 is 2.36 bits per heavy atom. The molecular weight excluding hydrogens is 286 g/mol. The van der Waals surface area contributed by atoms with Gasteiger partial charge in [0, 0.05) is 24.3 Å². The Hall–Kier alpha value is -2.45. The van der Waals surface area contributed by atoms with Gasteiger partial charge in [0.05, 0.1) is 12.6 Å². The lowest BCUT2D eigenvalue weighted by molar-refractivity contribution is -0.125. The highest BCUT2D eigenvalue weighted by Gasteiger charge is 2.12. The van der Waals surface area contributed by atoms with Crippen LogP contribution in [-0.4, -0.2) is 43.4 Å². The minimum absolute atomic E-state index is 0.148. The second-order valence-corrected chi connectivity index (χ2v) is 4.67. The summed E-state index contributed by atoms with van der Waals surface area (Å²) < 4.78 is 0. The zero-order valence-corrected chi connectivity index (χ0v) is 12.4. The fourth-order valence-electron chi connectivity index (χ4n) is 1.64. The van der Waals surface area contributed by atoms with Crippen molar-refractivity contribution in [2.75, 3.05) is 25.0 Å². The number of anilines is 1. The predicted octanol–water partition coefficient (Wildman–Crippen LogP) is -1.22. The summed E-state index contributed by atoms with van der Waals surface area (Å²) in [6.45, 7) is 2.49. The molecule has 1 atom stereocenters. The molecule has 8 nitrogen and oxygen atoms in total. The zero-order valence-electron chi connectivity index (χ0n) is 12.4. The Morgan fingerprint density at radius 2 is 1.82 bits per heavy atom. The van der Waals surface area contributed by atoms with E-state index in [0.717, 1.165) is 0 Å². The highest BCUT2D eigenvalue weighted by atomic mass is 16.2. The van der Waals surface area contributed by atoms with Crippen LogP contribution in [0.3, 0.4) is 0 Å². The molecule has 0 aliphatic carbocycles. The molecule has 0 saturated carbocycles. The molecule has 1 aromatic rings. The van der Waals surface area contributed by atoms with E-state index in [4.69, 9.17) is 11.5 Å². The summed E-state index contributed by atoms with van der Waals surface area (Å²) in [5, 5.41) is 8.02. The van der Waals surface area contributed by atoms with Crippen molar-refractivity contribution in [1.29, 1.82) is 0 Å². The number of hydrogen-bond acceptors (Lipinski definition) is 5. The summed E-state index contributed by atoms with van der Waals surface area (Å²) >= 11 is 0. The molecule has 1 aromatic carbocycles. The summed E-state index contributed by atoms with van der Waals surface area (Å²) in [6, 6.07) is 5.72. The first-order valence-corrected chi connectivity index (χ1v) is 6.85. The third kappa shape index (κ3) is 5.90. The predicted molar refractivity (Wildman–Crippen MR) is 83.1 cm³/mol. The van der Waals surface area contributed by atoms with E-state index < -0.39 is 11.9 Å². The van der Waals surface area contributed by atoms with Crippen molar-refractivity contribution >= 4 is 23.4 Å². The van der Waals surface area contributed by atoms with Gasteiger partial charge < -0.3 is 27.4 Å². The van der Waals surface area contributed by atoms with Crippen LogP contribution in [0.5, 0.6) is 0 Å². The summed E-state index contributed by atoms with van der Waals surface area (Å²) in [6.07, 6.45) is 0. The van der Waals surface area contributed by atoms with Gasteiger partial charge in [0.1, 0.15) is 0 Å². The summed E-state index contributed by atoms with van der Waals surface area (Å²) in [7, 11) is 0. The van der Waals surface area contributed by atoms with Gasteiger partial charge in [-0.05, 0) is 31.2 Å². The van der Waals surface area contributed by atoms with E-state index in [1.807, 2.05) is 0 Å². The molecule has 0 saturated heterocycles. The van der Waals surface area contributed by atoms with E-state index in [0.29, 0.717) is 24.3 Å². The summed E-state index contributed by atoms with van der Waals surface area (Å²) in [4.78, 5) is 34.3. The Kier molecular flexibility index (Phi) is 7.00. The molecule has 0 heterocycles. The molecule has 0 aliphatic rings. The number of carbonyl (C=O) groups is 3. The van der Waals surface area contributed by atoms with Crippen LogP contribution < -0.4 is 27.4 Å². The number of nitrogens with two attached hydrogens (primary N) is 2. The van der Waals surface area contributed by atoms with Crippen LogP contribution in [0.4, 0.5) is 5.69 Å². The molecule has 0 bridgehead atoms. The van der Waals surface area contributed by atoms with Gasteiger partial charge >= 0.3 is 0 Å². The lowest BCUT2D eigenvalue weighted by atomic mass is 10.2. The third-order valence-electron chi connectivity index (χ3n) is 2.86. The SMILES string of the molecule is C[C@H](NCCN)C(=O)NCC(=O)Nc1ccc(C(N)=O)cc1. The van der Waals surface area contributed by atoms with Crippen LogP contribution in [0.25, 0.3) is 0 Å². The van der Waals surface area contributed by atoms with E-state index in [2.05, 4.69) is 16.0 Å². The molecule has 0 spiro atoms. The maximum Gasteiger partial charge on any atom is 0.248 e. The van der Waals surface area contributed by atoms with Crippen LogP contribution >= 0.6 is 0 Å². The second kappa shape index (κ2) is 8.75. The van der Waals surface area contributed by atoms with Gasteiger partial charge in [-0.3, -0.25) is 14.4 Å². The van der Waals surface area contributed by atoms with Crippen molar-refractivity contribution in [1.82, 2.24) is 10.6 Å². The first-order valence-electron chi connectivity index (χ1n) is 6.85. The van der Waals surface area contributed by atoms with Crippen molar-refractivity contribution in [2.45, 2.75) is 13.0 Å². The highest BCUT2D eigenvalue weighted by Crippen LogP contribution is 2.08. The number of carbonyl (C=O) groups excluding carboxylic acids is 3. The van der Waals surface area contributed by atoms with Crippen LogP contribution in [0.15, 0.2) is 24.3 Å². The first-order chi connectivity index (χ1) is 10.4. The Balaban J connectivity index is 2.39. The van der Waals surface area contributed by atoms with E-state index in [-0.39, 0.29) is 18.4 Å². The van der Waals surface area contributed by atoms with Crippen LogP contribution in [-0.2, 0) is 9.59 Å². The number of primary amides is 1. The van der Waals surface area contributed by atoms with E-state index in [1.54, 1.807) is 19.1 Å². The summed E-state index contributed by atoms with van der Waals surface area (Å²) in [5.74, 6) is -1.19. The van der Waals surface area contributed by atoms with Gasteiger partial charge in [0.15, 0.2) is 0 Å². The molecule has 120 valence electrons. The van der Waals surface area contributed by atoms with Gasteiger partial charge in [-0.25, -0.2) is 0 Å². The van der Waals surface area contributed by atoms with Crippen LogP contribution in [0, 0.1) is 0 Å². The Labute approximate surface area is 128 Å². The summed E-state index contributed by atoms with van der Waals surface area (Å²) in [5.41, 5.74) is 11.3. The molecular formula is C14H21N5O3. The van der Waals surface area contributed by atoms with Gasteiger partial charge in [-0.2, -0.15) is 0 Å². The molecule has 22 heavy (non-hydrogen) atoms. The molecule has 0 aliphatic heterocycles. The lowest BCUT2D eigenvalue weighted by Crippen LogP contribution is -2.45. The molecule has 0 unspecified atom stereocenters. The standard InChI is InChI=1S/C14H21N5O3/c1-9(17-7-6-15)14(22)18-8-12(20)19-11-4-2-10(3-5-11)13(16)21/h2-5,9,17H,6-8,15H2,1H3,(H2,16,21)(H,18,22)(H,19,20)/t9-/m0/s1. The number of hydrogen-bond donors (Lipinski definition) is 5. The van der Waals surface area contributed by atoms with Crippen LogP contribution in [0.1, 0.15) is 17.3 Å². The number of amides is 3. The van der Waals surface area contributed by atoms with E-state index in [1.165, 1.54) is 12.1 Å². The second-order valence-electron chi connectivity index (χ2n) is 4.67. The van der Waals surface area contributed by atoms with Gasteiger partial charge in [0.2, 0.25) is 17.7 Å². The largest absolute Gasteiger partial charge is 0.366 e. The average molecular weight is 307 g/mol. The van der Waals surface area contributed by atoms with Crippen molar-refractivity contribution in [2.24, 2.45) is 11.5 Å². The minimum atomic E-state index is -0.538. The molecule has 1 rings (SSSR count). The number of benzene rings is 1. The van der Waals surface area contributed by atoms with E-state index >= 15 is 0 Å². The minimum Gasteiger partial charge on any atom is -0.366 e. The molecule has 7 N–H and O–H groups in total. The van der Waals surface area contributed by atoms with E-state index in [9.17, 15) is 14.4 Å². The zero-order chi connectivity index (χ0) is 16.5. The fourth-order valence-corrected chi connectivity index (χ4v) is 1.64. The van der Waals surface area contributed by atoms with Crippen LogP contribution in [0.2, 0.25) is 0 Å². The van der Waals surface area contributed by atoms with Gasteiger partial charge in [0.25, 0.3) is 0 Å². The maximum absolute atomic E-state index is 11.7. The van der Waals surface area contributed by atoms with Gasteiger partial charge in [-0.15, -0.1) is 0 Å². The topological polar surface area (TPSA) is 139 Å². The first kappa shape index (κ1) is 17.6. The lowest BCUT2D eigenvalue weighted by Gasteiger charge is -2.13. The molecule has 0 radical (unpaired) electrons. The van der Waals surface area contributed by atoms with Crippen molar-refractivity contribution in [3.63, 3.8) is 0 Å². The van der Waals surface area contributed by atoms with Crippen molar-refractivity contribution in [3.8, 4) is 0 Å². The fraction of sp³-hybridized carbons (Fsp3) is 0.357. The molecule has 0 fully saturated rings. The quantitative estimate of drug-likeness (QED) is 0.409. The third-order valence-corrected chi connectivity index (χ3v) is 2.86. The Bertz CT molecular complexity index is 530. The molecule has 3 amide bonds. The normalized spacial score (nSPS) is 11.5. The van der Waals surface area contributed by atoms with Crippen molar-refractivity contribution < 1.29 is 14.4 Å². The smallest absolute Gasteiger partial charge is 0.248 e. The monoisotopic (exact) mass is 307 g/mol. The number of nitrogens with one attached hydrogen (secondary N) is 3. The molecule has 0 aromatic heterocycles. The van der Waals surface area contributed by atoms with Gasteiger partial charge in [-0.1, -0.05) is 0 Å². The maximum atomic E-state index is 11.7. The highest BCUT2D eigenvalue weighted by molar-refractivity contribution is 5.96. The Morgan fingerprint density at radius 1 is 1.18 bits per heavy atom.